The van der Waals surface area contributed by atoms with E-state index in [1.807, 2.05) is 0 Å². The quantitative estimate of drug-likeness (QED) is 0.153. The summed E-state index contributed by atoms with van der Waals surface area (Å²) in [6, 6.07) is -1.02. The average Bonchev–Trinajstić information content (AvgIpc) is 3.30. The van der Waals surface area contributed by atoms with Crippen molar-refractivity contribution in [3.8, 4) is 0 Å². The van der Waals surface area contributed by atoms with Gasteiger partial charge in [-0.25, -0.2) is 14.6 Å². The van der Waals surface area contributed by atoms with Crippen molar-refractivity contribution in [1.82, 2.24) is 20.1 Å². The van der Waals surface area contributed by atoms with Crippen molar-refractivity contribution >= 4 is 57.8 Å². The zero-order valence-corrected chi connectivity index (χ0v) is 20.3. The van der Waals surface area contributed by atoms with Gasteiger partial charge in [0.1, 0.15) is 29.4 Å². The highest BCUT2D eigenvalue weighted by Gasteiger charge is 2.54. The molecule has 3 aliphatic rings. The highest BCUT2D eigenvalue weighted by Crippen LogP contribution is 2.40. The summed E-state index contributed by atoms with van der Waals surface area (Å²) in [6.07, 6.45) is 2.52. The Morgan fingerprint density at radius 3 is 2.75 bits per heavy atom. The first-order chi connectivity index (χ1) is 17.3. The van der Waals surface area contributed by atoms with E-state index in [9.17, 15) is 29.5 Å². The first-order valence-electron chi connectivity index (χ1n) is 10.6. The van der Waals surface area contributed by atoms with Crippen LogP contribution >= 0.6 is 23.1 Å². The van der Waals surface area contributed by atoms with Gasteiger partial charge in [0.2, 0.25) is 0 Å². The van der Waals surface area contributed by atoms with E-state index in [1.165, 1.54) is 34.2 Å². The number of nitrogens with two attached hydrogens (primary N) is 1. The highest BCUT2D eigenvalue weighted by molar-refractivity contribution is 8.00. The van der Waals surface area contributed by atoms with E-state index in [1.54, 1.807) is 0 Å². The number of thioether (sulfide) groups is 1. The minimum absolute atomic E-state index is 0.0466. The van der Waals surface area contributed by atoms with E-state index in [-0.39, 0.29) is 28.9 Å². The molecular formula is C20H22N6O8S2. The summed E-state index contributed by atoms with van der Waals surface area (Å²) >= 11 is 2.30. The van der Waals surface area contributed by atoms with Crippen LogP contribution in [-0.4, -0.2) is 105 Å². The summed E-state index contributed by atoms with van der Waals surface area (Å²) in [7, 11) is 0. The molecule has 0 spiro atoms. The van der Waals surface area contributed by atoms with Crippen LogP contribution in [-0.2, 0) is 23.9 Å². The highest BCUT2D eigenvalue weighted by atomic mass is 32.2. The Morgan fingerprint density at radius 1 is 1.36 bits per heavy atom. The third kappa shape index (κ3) is 5.14. The van der Waals surface area contributed by atoms with E-state index in [0.29, 0.717) is 31.9 Å². The monoisotopic (exact) mass is 538 g/mol. The number of nitrogens with zero attached hydrogens (tertiary/aromatic N) is 4. The van der Waals surface area contributed by atoms with Crippen LogP contribution in [0.3, 0.4) is 0 Å². The number of hydrogen-bond donors (Lipinski definition) is 4. The number of nitrogens with one attached hydrogen (secondary N) is 1. The lowest BCUT2D eigenvalue weighted by atomic mass is 10.0. The zero-order valence-electron chi connectivity index (χ0n) is 18.7. The van der Waals surface area contributed by atoms with Gasteiger partial charge in [0.05, 0.1) is 13.2 Å². The number of carboxylic acid groups (broad SMARTS) is 1. The van der Waals surface area contributed by atoms with E-state index < -0.39 is 41.0 Å². The summed E-state index contributed by atoms with van der Waals surface area (Å²) in [4.78, 5) is 55.9. The van der Waals surface area contributed by atoms with Crippen molar-refractivity contribution in [2.45, 2.75) is 11.4 Å². The fourth-order valence-corrected chi connectivity index (χ4v) is 5.60. The Bertz CT molecular complexity index is 1160. The van der Waals surface area contributed by atoms with E-state index in [0.717, 1.165) is 16.2 Å². The lowest BCUT2D eigenvalue weighted by Gasteiger charge is -2.49. The second-order valence-electron chi connectivity index (χ2n) is 7.64. The molecule has 1 aromatic rings. The van der Waals surface area contributed by atoms with Crippen LogP contribution in [0.25, 0.3) is 0 Å². The molecule has 4 rings (SSSR count). The number of rotatable bonds is 7. The van der Waals surface area contributed by atoms with E-state index in [4.69, 9.17) is 15.2 Å². The molecule has 0 saturated carbocycles. The molecular weight excluding hydrogens is 516 g/mol. The molecule has 3 aliphatic heterocycles. The third-order valence-electron chi connectivity index (χ3n) is 5.46. The first-order valence-corrected chi connectivity index (χ1v) is 12.6. The molecule has 0 aliphatic carbocycles. The Kier molecular flexibility index (Phi) is 7.76. The van der Waals surface area contributed by atoms with Gasteiger partial charge >= 0.3 is 12.1 Å². The number of nitrogen functional groups attached to an aromatic ring is 1. The van der Waals surface area contributed by atoms with Crippen molar-refractivity contribution in [3.63, 3.8) is 0 Å². The maximum atomic E-state index is 12.8. The molecule has 1 aromatic heterocycles. The molecule has 4 heterocycles. The molecule has 36 heavy (non-hydrogen) atoms. The van der Waals surface area contributed by atoms with Crippen LogP contribution in [0.1, 0.15) is 5.69 Å². The number of anilines is 1. The number of fused-ring (bicyclic) bond motifs is 1. The number of carboxylic acids is 1. The molecule has 0 unspecified atom stereocenters. The number of amides is 3. The Morgan fingerprint density at radius 2 is 2.11 bits per heavy atom. The largest absolute Gasteiger partial charge is 0.477 e. The van der Waals surface area contributed by atoms with Crippen LogP contribution in [0.5, 0.6) is 0 Å². The molecule has 2 atom stereocenters. The van der Waals surface area contributed by atoms with Gasteiger partial charge in [-0.3, -0.25) is 14.5 Å². The molecule has 5 N–H and O–H groups in total. The van der Waals surface area contributed by atoms with Gasteiger partial charge in [-0.1, -0.05) is 11.2 Å². The molecule has 192 valence electrons. The van der Waals surface area contributed by atoms with Crippen LogP contribution in [0.2, 0.25) is 0 Å². The molecule has 2 saturated heterocycles. The lowest BCUT2D eigenvalue weighted by Crippen LogP contribution is -2.71. The summed E-state index contributed by atoms with van der Waals surface area (Å²) in [5.41, 5.74) is 5.32. The number of morpholine rings is 1. The number of allylic oxidation sites excluding steroid dienone is 1. The topological polar surface area (TPSA) is 197 Å². The number of aliphatic carboxylic acids is 1. The van der Waals surface area contributed by atoms with Gasteiger partial charge in [0.15, 0.2) is 10.8 Å². The van der Waals surface area contributed by atoms with Crippen LogP contribution in [0.15, 0.2) is 34.0 Å². The number of ether oxygens (including phenoxy) is 2. The Balaban J connectivity index is 1.39. The van der Waals surface area contributed by atoms with Crippen LogP contribution in [0.4, 0.5) is 9.93 Å². The van der Waals surface area contributed by atoms with Gasteiger partial charge in [-0.05, 0) is 11.6 Å². The molecule has 3 amide bonds. The average molecular weight is 539 g/mol. The second-order valence-corrected chi connectivity index (χ2v) is 9.63. The normalized spacial score (nSPS) is 22.3. The lowest BCUT2D eigenvalue weighted by molar-refractivity contribution is -0.150. The fraction of sp³-hybridized carbons (Fsp3) is 0.400. The van der Waals surface area contributed by atoms with Crippen LogP contribution in [0, 0.1) is 0 Å². The van der Waals surface area contributed by atoms with Crippen molar-refractivity contribution in [2.75, 3.05) is 44.4 Å². The SMILES string of the molecule is Nc1nc(/C(=N\O)C(=O)N[C@@H]2C(=O)N3C(C(=O)O)=C(/C=C\COC(=O)N4CCOCC4)CS[C@H]23)cs1. The molecule has 2 fully saturated rings. The Hall–Kier alpha value is -3.63. The molecule has 0 bridgehead atoms. The van der Waals surface area contributed by atoms with Gasteiger partial charge in [-0.2, -0.15) is 0 Å². The smallest absolute Gasteiger partial charge is 0.410 e. The number of carbonyl (C=O) groups excluding carboxylic acids is 3. The molecule has 0 radical (unpaired) electrons. The third-order valence-corrected chi connectivity index (χ3v) is 7.43. The number of oxime groups is 1. The molecule has 0 aromatic carbocycles. The number of thiazole rings is 1. The maximum Gasteiger partial charge on any atom is 0.410 e. The van der Waals surface area contributed by atoms with Gasteiger partial charge in [-0.15, -0.1) is 23.1 Å². The predicted octanol–water partition coefficient (Wildman–Crippen LogP) is -0.333. The predicted molar refractivity (Wildman–Crippen MR) is 127 cm³/mol. The van der Waals surface area contributed by atoms with Crippen molar-refractivity contribution < 1.29 is 39.0 Å². The van der Waals surface area contributed by atoms with E-state index in [2.05, 4.69) is 15.5 Å². The summed E-state index contributed by atoms with van der Waals surface area (Å²) in [5.74, 6) is -2.55. The summed E-state index contributed by atoms with van der Waals surface area (Å²) < 4.78 is 10.4. The zero-order chi connectivity index (χ0) is 25.8. The number of aromatic nitrogens is 1. The number of β-lactam (4-membered cyclic amide) rings is 1. The summed E-state index contributed by atoms with van der Waals surface area (Å²) in [5, 5.41) is 25.3. The number of carbonyl (C=O) groups is 4. The fourth-order valence-electron chi connectivity index (χ4n) is 3.74. The summed E-state index contributed by atoms with van der Waals surface area (Å²) in [6.45, 7) is 1.69. The van der Waals surface area contributed by atoms with Gasteiger partial charge in [0.25, 0.3) is 11.8 Å². The van der Waals surface area contributed by atoms with E-state index >= 15 is 0 Å². The van der Waals surface area contributed by atoms with Gasteiger partial charge in [0, 0.05) is 24.2 Å². The van der Waals surface area contributed by atoms with Gasteiger partial charge < -0.3 is 35.7 Å². The Labute approximate surface area is 212 Å². The standard InChI is InChI=1S/C20H22N6O8S2/c21-19-22-11(9-36-19)12(24-32)15(27)23-13-16(28)26-14(18(29)30)10(8-35-17(13)26)2-1-5-34-20(31)25-3-6-33-7-4-25/h1-2,9,13,17,32H,3-8H2,(H2,21,22)(H,23,27)(H,29,30)/b2-1-,24-12+/t13-,17-/m1/s1. The van der Waals surface area contributed by atoms with Crippen molar-refractivity contribution in [1.29, 1.82) is 0 Å². The van der Waals surface area contributed by atoms with Crippen molar-refractivity contribution in [2.24, 2.45) is 5.16 Å². The van der Waals surface area contributed by atoms with Crippen LogP contribution < -0.4 is 11.1 Å². The minimum atomic E-state index is -1.31. The second kappa shape index (κ2) is 11.0. The maximum absolute atomic E-state index is 12.8. The molecule has 14 nitrogen and oxygen atoms in total. The first kappa shape index (κ1) is 25.5. The minimum Gasteiger partial charge on any atom is -0.477 e. The van der Waals surface area contributed by atoms with Crippen molar-refractivity contribution in [3.05, 3.63) is 34.5 Å². The number of hydrogen-bond acceptors (Lipinski definition) is 12. The molecule has 16 heteroatoms.